The van der Waals surface area contributed by atoms with Gasteiger partial charge in [-0.25, -0.2) is 0 Å². The van der Waals surface area contributed by atoms with Crippen LogP contribution >= 0.6 is 0 Å². The van der Waals surface area contributed by atoms with Crippen molar-refractivity contribution >= 4 is 11.7 Å². The Hall–Kier alpha value is -2.10. The van der Waals surface area contributed by atoms with Gasteiger partial charge in [0.05, 0.1) is 12.6 Å². The predicted octanol–water partition coefficient (Wildman–Crippen LogP) is 1.53. The molecule has 1 unspecified atom stereocenters. The van der Waals surface area contributed by atoms with Crippen LogP contribution in [0.5, 0.6) is 0 Å². The molecule has 1 aliphatic heterocycles. The number of nitrogens with one attached hydrogen (secondary N) is 2. The fraction of sp³-hybridized carbons (Fsp3) is 0.231. The number of amidine groups is 2. The van der Waals surface area contributed by atoms with Crippen LogP contribution in [0, 0.1) is 12.3 Å². The molecule has 17 heavy (non-hydrogen) atoms. The van der Waals surface area contributed by atoms with Crippen molar-refractivity contribution in [2.24, 2.45) is 10.7 Å². The minimum atomic E-state index is 0.0357. The van der Waals surface area contributed by atoms with E-state index in [9.17, 15) is 0 Å². The van der Waals surface area contributed by atoms with Gasteiger partial charge in [-0.2, -0.15) is 0 Å². The Kier molecular flexibility index (Phi) is 3.23. The van der Waals surface area contributed by atoms with Gasteiger partial charge in [0.2, 0.25) is 0 Å². The molecule has 4 nitrogen and oxygen atoms in total. The van der Waals surface area contributed by atoms with Gasteiger partial charge >= 0.3 is 0 Å². The molecule has 0 radical (unpaired) electrons. The molecule has 0 fully saturated rings. The van der Waals surface area contributed by atoms with Gasteiger partial charge in [0, 0.05) is 0 Å². The van der Waals surface area contributed by atoms with Crippen molar-refractivity contribution in [1.82, 2.24) is 5.32 Å². The number of rotatable bonds is 3. The molecule has 1 atom stereocenters. The first-order valence-corrected chi connectivity index (χ1v) is 5.55. The molecule has 1 aromatic rings. The molecule has 0 spiro atoms. The summed E-state index contributed by atoms with van der Waals surface area (Å²) in [6.45, 7) is 2.80. The molecule has 1 heterocycles. The van der Waals surface area contributed by atoms with E-state index in [1.807, 2.05) is 0 Å². The normalized spacial score (nSPS) is 19.1. The summed E-state index contributed by atoms with van der Waals surface area (Å²) in [7, 11) is 0. The Morgan fingerprint density at radius 2 is 2.41 bits per heavy atom. The standard InChI is InChI=1S/C13H16N4/c1-9-3-2-4-10(7-9)11-8-16-13(17-11)6-5-12(14)15/h2-7,11H,8H2,1H3,(H3,14,15)(H,16,17)/b6-5-. The van der Waals surface area contributed by atoms with E-state index in [4.69, 9.17) is 11.1 Å². The number of benzene rings is 1. The Balaban J connectivity index is 2.03. The summed E-state index contributed by atoms with van der Waals surface area (Å²) in [4.78, 5) is 4.36. The third-order valence-corrected chi connectivity index (χ3v) is 2.63. The monoisotopic (exact) mass is 228 g/mol. The van der Waals surface area contributed by atoms with E-state index in [0.29, 0.717) is 0 Å². The van der Waals surface area contributed by atoms with Crippen LogP contribution in [0.1, 0.15) is 17.2 Å². The second kappa shape index (κ2) is 4.82. The summed E-state index contributed by atoms with van der Waals surface area (Å²) in [5.41, 5.74) is 7.73. The molecule has 4 heteroatoms. The zero-order chi connectivity index (χ0) is 12.3. The van der Waals surface area contributed by atoms with E-state index in [-0.39, 0.29) is 11.9 Å². The average molecular weight is 228 g/mol. The molecule has 2 rings (SSSR count). The lowest BCUT2D eigenvalue weighted by atomic mass is 10.1. The van der Waals surface area contributed by atoms with Gasteiger partial charge in [-0.05, 0) is 24.6 Å². The van der Waals surface area contributed by atoms with E-state index in [1.165, 1.54) is 17.2 Å². The topological polar surface area (TPSA) is 74.3 Å². The molecular weight excluding hydrogens is 212 g/mol. The number of hydrogen-bond acceptors (Lipinski definition) is 3. The van der Waals surface area contributed by atoms with Crippen LogP contribution in [0.4, 0.5) is 0 Å². The highest BCUT2D eigenvalue weighted by molar-refractivity contribution is 6.00. The maximum absolute atomic E-state index is 7.11. The van der Waals surface area contributed by atoms with Gasteiger partial charge in [-0.1, -0.05) is 29.8 Å². The summed E-state index contributed by atoms with van der Waals surface area (Å²) in [5, 5.41) is 10.4. The predicted molar refractivity (Wildman–Crippen MR) is 70.4 cm³/mol. The fourth-order valence-corrected chi connectivity index (χ4v) is 1.80. The summed E-state index contributed by atoms with van der Waals surface area (Å²) in [6.07, 6.45) is 3.27. The summed E-state index contributed by atoms with van der Waals surface area (Å²) in [5.74, 6) is 0.820. The molecule has 0 amide bonds. The van der Waals surface area contributed by atoms with Gasteiger partial charge in [-0.15, -0.1) is 0 Å². The Labute approximate surface area is 101 Å². The number of hydrogen-bond donors (Lipinski definition) is 3. The van der Waals surface area contributed by atoms with Crippen LogP contribution in [-0.4, -0.2) is 18.2 Å². The van der Waals surface area contributed by atoms with Crippen molar-refractivity contribution in [2.75, 3.05) is 6.54 Å². The van der Waals surface area contributed by atoms with Crippen LogP contribution in [0.25, 0.3) is 0 Å². The lowest BCUT2D eigenvalue weighted by molar-refractivity contribution is 0.709. The zero-order valence-electron chi connectivity index (χ0n) is 9.77. The minimum Gasteiger partial charge on any atom is -0.384 e. The summed E-state index contributed by atoms with van der Waals surface area (Å²) >= 11 is 0. The minimum absolute atomic E-state index is 0.0357. The van der Waals surface area contributed by atoms with Crippen LogP contribution < -0.4 is 11.1 Å². The second-order valence-electron chi connectivity index (χ2n) is 4.13. The molecule has 1 aliphatic rings. The average Bonchev–Trinajstić information content (AvgIpc) is 2.75. The highest BCUT2D eigenvalue weighted by atomic mass is 15.1. The molecule has 0 saturated carbocycles. The summed E-state index contributed by atoms with van der Waals surface area (Å²) in [6, 6.07) is 8.61. The van der Waals surface area contributed by atoms with E-state index >= 15 is 0 Å². The van der Waals surface area contributed by atoms with Crippen LogP contribution in [0.15, 0.2) is 41.4 Å². The molecule has 0 aliphatic carbocycles. The highest BCUT2D eigenvalue weighted by Gasteiger charge is 2.17. The van der Waals surface area contributed by atoms with Crippen LogP contribution in [0.2, 0.25) is 0 Å². The second-order valence-corrected chi connectivity index (χ2v) is 4.13. The molecule has 1 aromatic carbocycles. The van der Waals surface area contributed by atoms with Crippen molar-refractivity contribution in [3.8, 4) is 0 Å². The number of nitrogens with two attached hydrogens (primary N) is 1. The number of aryl methyl sites for hydroxylation is 1. The number of nitrogens with zero attached hydrogens (tertiary/aromatic N) is 1. The Morgan fingerprint density at radius 3 is 3.12 bits per heavy atom. The first-order valence-electron chi connectivity index (χ1n) is 5.55. The van der Waals surface area contributed by atoms with E-state index < -0.39 is 0 Å². The van der Waals surface area contributed by atoms with Gasteiger partial charge in [-0.3, -0.25) is 10.4 Å². The first-order chi connectivity index (χ1) is 8.15. The van der Waals surface area contributed by atoms with Gasteiger partial charge < -0.3 is 11.1 Å². The summed E-state index contributed by atoms with van der Waals surface area (Å²) < 4.78 is 0. The third kappa shape index (κ3) is 2.93. The Morgan fingerprint density at radius 1 is 1.59 bits per heavy atom. The molecule has 0 saturated heterocycles. The molecule has 0 bridgehead atoms. The largest absolute Gasteiger partial charge is 0.384 e. The maximum atomic E-state index is 7.11. The third-order valence-electron chi connectivity index (χ3n) is 2.63. The van der Waals surface area contributed by atoms with Crippen molar-refractivity contribution in [1.29, 1.82) is 5.41 Å². The first kappa shape index (κ1) is 11.4. The maximum Gasteiger partial charge on any atom is 0.121 e. The lowest BCUT2D eigenvalue weighted by Crippen LogP contribution is -2.22. The lowest BCUT2D eigenvalue weighted by Gasteiger charge is -2.11. The van der Waals surface area contributed by atoms with Crippen molar-refractivity contribution in [3.63, 3.8) is 0 Å². The van der Waals surface area contributed by atoms with Crippen molar-refractivity contribution in [3.05, 3.63) is 47.5 Å². The van der Waals surface area contributed by atoms with Gasteiger partial charge in [0.15, 0.2) is 0 Å². The molecular formula is C13H16N4. The van der Waals surface area contributed by atoms with Gasteiger partial charge in [0.25, 0.3) is 0 Å². The quantitative estimate of drug-likeness (QED) is 0.542. The van der Waals surface area contributed by atoms with E-state index in [1.54, 1.807) is 6.08 Å². The zero-order valence-corrected chi connectivity index (χ0v) is 9.77. The molecule has 88 valence electrons. The number of aliphatic imine (C=N–C) groups is 1. The van der Waals surface area contributed by atoms with Gasteiger partial charge in [0.1, 0.15) is 11.7 Å². The van der Waals surface area contributed by atoms with Crippen molar-refractivity contribution in [2.45, 2.75) is 13.0 Å². The molecule has 4 N–H and O–H groups in total. The van der Waals surface area contributed by atoms with Crippen LogP contribution in [-0.2, 0) is 0 Å². The van der Waals surface area contributed by atoms with Crippen LogP contribution in [0.3, 0.4) is 0 Å². The molecule has 0 aromatic heterocycles. The fourth-order valence-electron chi connectivity index (χ4n) is 1.80. The van der Waals surface area contributed by atoms with E-state index in [0.717, 1.165) is 12.4 Å². The van der Waals surface area contributed by atoms with Crippen molar-refractivity contribution < 1.29 is 0 Å². The van der Waals surface area contributed by atoms with E-state index in [2.05, 4.69) is 41.5 Å². The SMILES string of the molecule is Cc1cccc(C2CN=C(/C=C\C(=N)N)N2)c1. The highest BCUT2D eigenvalue weighted by Crippen LogP contribution is 2.18. The Bertz CT molecular complexity index is 488. The smallest absolute Gasteiger partial charge is 0.121 e.